The molecule has 0 amide bonds. The van der Waals surface area contributed by atoms with Crippen molar-refractivity contribution in [2.24, 2.45) is 5.92 Å². The molecule has 1 atom stereocenters. The summed E-state index contributed by atoms with van der Waals surface area (Å²) in [5.41, 5.74) is 3.09. The molecule has 1 aromatic heterocycles. The first kappa shape index (κ1) is 12.5. The number of fused-ring (bicyclic) bond motifs is 1. The minimum absolute atomic E-state index is 0.380. The lowest BCUT2D eigenvalue weighted by atomic mass is 9.78. The number of hydrogen-bond acceptors (Lipinski definition) is 3. The average Bonchev–Trinajstić information content (AvgIpc) is 2.40. The SMILES string of the molecule is CCCNC(c1cnc2ccccc2n1)C1CCC1. The van der Waals surface area contributed by atoms with Crippen LogP contribution >= 0.6 is 0 Å². The van der Waals surface area contributed by atoms with E-state index >= 15 is 0 Å². The van der Waals surface area contributed by atoms with Crippen molar-refractivity contribution in [2.75, 3.05) is 6.54 Å². The molecule has 2 aromatic rings. The predicted molar refractivity (Wildman–Crippen MR) is 77.9 cm³/mol. The molecular formula is C16H21N3. The van der Waals surface area contributed by atoms with Crippen LogP contribution in [0, 0.1) is 5.92 Å². The highest BCUT2D eigenvalue weighted by Gasteiger charge is 2.29. The van der Waals surface area contributed by atoms with Gasteiger partial charge in [-0.05, 0) is 43.9 Å². The van der Waals surface area contributed by atoms with E-state index in [4.69, 9.17) is 4.98 Å². The van der Waals surface area contributed by atoms with Crippen LogP contribution in [0.15, 0.2) is 30.5 Å². The molecule has 0 aliphatic heterocycles. The standard InChI is InChI=1S/C16H21N3/c1-2-10-17-16(12-6-5-7-12)15-11-18-13-8-3-4-9-14(13)19-15/h3-4,8-9,11-12,16-17H,2,5-7,10H2,1H3. The zero-order valence-corrected chi connectivity index (χ0v) is 11.5. The predicted octanol–water partition coefficient (Wildman–Crippen LogP) is 3.47. The third-order valence-electron chi connectivity index (χ3n) is 4.02. The highest BCUT2D eigenvalue weighted by molar-refractivity contribution is 5.73. The van der Waals surface area contributed by atoms with Crippen molar-refractivity contribution in [2.45, 2.75) is 38.6 Å². The van der Waals surface area contributed by atoms with Crippen molar-refractivity contribution in [3.63, 3.8) is 0 Å². The summed E-state index contributed by atoms with van der Waals surface area (Å²) in [4.78, 5) is 9.35. The summed E-state index contributed by atoms with van der Waals surface area (Å²) in [6.07, 6.45) is 7.10. The summed E-state index contributed by atoms with van der Waals surface area (Å²) in [7, 11) is 0. The molecule has 0 spiro atoms. The Morgan fingerprint density at radius 1 is 1.26 bits per heavy atom. The van der Waals surface area contributed by atoms with E-state index in [2.05, 4.69) is 17.2 Å². The third kappa shape index (κ3) is 2.61. The molecule has 1 aromatic carbocycles. The van der Waals surface area contributed by atoms with Gasteiger partial charge in [-0.25, -0.2) is 4.98 Å². The molecular weight excluding hydrogens is 234 g/mol. The number of nitrogens with zero attached hydrogens (tertiary/aromatic N) is 2. The summed E-state index contributed by atoms with van der Waals surface area (Å²) in [6.45, 7) is 3.26. The molecule has 3 rings (SSSR count). The van der Waals surface area contributed by atoms with Crippen molar-refractivity contribution in [1.29, 1.82) is 0 Å². The van der Waals surface area contributed by atoms with Crippen molar-refractivity contribution >= 4 is 11.0 Å². The number of nitrogens with one attached hydrogen (secondary N) is 1. The molecule has 0 radical (unpaired) electrons. The van der Waals surface area contributed by atoms with E-state index < -0.39 is 0 Å². The molecule has 3 heteroatoms. The molecule has 1 aliphatic carbocycles. The van der Waals surface area contributed by atoms with Crippen molar-refractivity contribution in [1.82, 2.24) is 15.3 Å². The number of aromatic nitrogens is 2. The molecule has 1 fully saturated rings. The molecule has 1 aliphatic rings. The van der Waals surface area contributed by atoms with Crippen LogP contribution < -0.4 is 5.32 Å². The quantitative estimate of drug-likeness (QED) is 0.889. The minimum Gasteiger partial charge on any atom is -0.308 e. The maximum Gasteiger partial charge on any atom is 0.0890 e. The van der Waals surface area contributed by atoms with Gasteiger partial charge >= 0.3 is 0 Å². The number of hydrogen-bond donors (Lipinski definition) is 1. The van der Waals surface area contributed by atoms with Crippen LogP contribution in [0.4, 0.5) is 0 Å². The van der Waals surface area contributed by atoms with Gasteiger partial charge in [0.25, 0.3) is 0 Å². The van der Waals surface area contributed by atoms with Gasteiger partial charge in [-0.3, -0.25) is 4.98 Å². The Kier molecular flexibility index (Phi) is 3.74. The van der Waals surface area contributed by atoms with E-state index in [1.807, 2.05) is 30.5 Å². The van der Waals surface area contributed by atoms with Crippen LogP contribution in [0.5, 0.6) is 0 Å². The molecule has 1 saturated carbocycles. The van der Waals surface area contributed by atoms with Gasteiger partial charge < -0.3 is 5.32 Å². The normalized spacial score (nSPS) is 17.3. The van der Waals surface area contributed by atoms with E-state index in [0.29, 0.717) is 6.04 Å². The summed E-state index contributed by atoms with van der Waals surface area (Å²) in [5.74, 6) is 0.738. The van der Waals surface area contributed by atoms with Gasteiger partial charge in [0.15, 0.2) is 0 Å². The zero-order valence-electron chi connectivity index (χ0n) is 11.5. The van der Waals surface area contributed by atoms with E-state index in [1.165, 1.54) is 19.3 Å². The van der Waals surface area contributed by atoms with Crippen molar-refractivity contribution < 1.29 is 0 Å². The second-order valence-electron chi connectivity index (χ2n) is 5.41. The smallest absolute Gasteiger partial charge is 0.0890 e. The molecule has 1 heterocycles. The van der Waals surface area contributed by atoms with Crippen LogP contribution in [0.2, 0.25) is 0 Å². The Balaban J connectivity index is 1.89. The first-order chi connectivity index (χ1) is 9.38. The van der Waals surface area contributed by atoms with Gasteiger partial charge in [-0.1, -0.05) is 25.5 Å². The largest absolute Gasteiger partial charge is 0.308 e. The zero-order chi connectivity index (χ0) is 13.1. The van der Waals surface area contributed by atoms with Crippen LogP contribution in [-0.2, 0) is 0 Å². The second kappa shape index (κ2) is 5.66. The van der Waals surface area contributed by atoms with Crippen LogP contribution in [-0.4, -0.2) is 16.5 Å². The van der Waals surface area contributed by atoms with Crippen LogP contribution in [0.1, 0.15) is 44.3 Å². The summed E-state index contributed by atoms with van der Waals surface area (Å²) >= 11 is 0. The van der Waals surface area contributed by atoms with Gasteiger partial charge in [-0.15, -0.1) is 0 Å². The average molecular weight is 255 g/mol. The van der Waals surface area contributed by atoms with Crippen molar-refractivity contribution in [3.05, 3.63) is 36.2 Å². The Labute approximate surface area is 114 Å². The van der Waals surface area contributed by atoms with Crippen molar-refractivity contribution in [3.8, 4) is 0 Å². The molecule has 19 heavy (non-hydrogen) atoms. The topological polar surface area (TPSA) is 37.8 Å². The third-order valence-corrected chi connectivity index (χ3v) is 4.02. The van der Waals surface area contributed by atoms with E-state index in [0.717, 1.165) is 35.6 Å². The lowest BCUT2D eigenvalue weighted by molar-refractivity contribution is 0.227. The monoisotopic (exact) mass is 255 g/mol. The van der Waals surface area contributed by atoms with Gasteiger partial charge in [0.05, 0.1) is 29.0 Å². The lowest BCUT2D eigenvalue weighted by Crippen LogP contribution is -2.33. The molecule has 0 bridgehead atoms. The Morgan fingerprint density at radius 3 is 2.74 bits per heavy atom. The highest BCUT2D eigenvalue weighted by Crippen LogP contribution is 2.37. The maximum absolute atomic E-state index is 4.81. The fraction of sp³-hybridized carbons (Fsp3) is 0.500. The maximum atomic E-state index is 4.81. The van der Waals surface area contributed by atoms with E-state index in [1.54, 1.807) is 0 Å². The van der Waals surface area contributed by atoms with Gasteiger partial charge in [-0.2, -0.15) is 0 Å². The molecule has 1 unspecified atom stereocenters. The van der Waals surface area contributed by atoms with E-state index in [-0.39, 0.29) is 0 Å². The molecule has 100 valence electrons. The van der Waals surface area contributed by atoms with Gasteiger partial charge in [0, 0.05) is 0 Å². The minimum atomic E-state index is 0.380. The summed E-state index contributed by atoms with van der Waals surface area (Å²) < 4.78 is 0. The summed E-state index contributed by atoms with van der Waals surface area (Å²) in [6, 6.07) is 8.48. The number of rotatable bonds is 5. The molecule has 1 N–H and O–H groups in total. The van der Waals surface area contributed by atoms with Gasteiger partial charge in [0.2, 0.25) is 0 Å². The molecule has 3 nitrogen and oxygen atoms in total. The summed E-state index contributed by atoms with van der Waals surface area (Å²) in [5, 5.41) is 3.65. The number of para-hydroxylation sites is 2. The Bertz CT molecular complexity index is 548. The first-order valence-electron chi connectivity index (χ1n) is 7.33. The lowest BCUT2D eigenvalue weighted by Gasteiger charge is -2.34. The van der Waals surface area contributed by atoms with Gasteiger partial charge in [0.1, 0.15) is 0 Å². The molecule has 0 saturated heterocycles. The Hall–Kier alpha value is -1.48. The van der Waals surface area contributed by atoms with E-state index in [9.17, 15) is 0 Å². The fourth-order valence-corrected chi connectivity index (χ4v) is 2.71. The first-order valence-corrected chi connectivity index (χ1v) is 7.33. The fourth-order valence-electron chi connectivity index (χ4n) is 2.71. The second-order valence-corrected chi connectivity index (χ2v) is 5.41. The number of benzene rings is 1. The van der Waals surface area contributed by atoms with Crippen LogP contribution in [0.3, 0.4) is 0 Å². The Morgan fingerprint density at radius 2 is 2.05 bits per heavy atom. The highest BCUT2D eigenvalue weighted by atomic mass is 15.0. The van der Waals surface area contributed by atoms with Crippen LogP contribution in [0.25, 0.3) is 11.0 Å².